The summed E-state index contributed by atoms with van der Waals surface area (Å²) in [5, 5.41) is 0. The zero-order valence-electron chi connectivity index (χ0n) is 9.97. The second kappa shape index (κ2) is 4.11. The summed E-state index contributed by atoms with van der Waals surface area (Å²) in [6.07, 6.45) is 0. The smallest absolute Gasteiger partial charge is 0.228 e. The first-order valence-electron chi connectivity index (χ1n) is 5.80. The minimum Gasteiger partial charge on any atom is -0.335 e. The van der Waals surface area contributed by atoms with Crippen molar-refractivity contribution in [3.05, 3.63) is 65.5 Å². The number of carbonyl (C=O) groups excluding carboxylic acids is 1. The van der Waals surface area contributed by atoms with Crippen molar-refractivity contribution in [1.29, 1.82) is 0 Å². The number of fused-ring (bicyclic) bond motifs is 1. The van der Waals surface area contributed by atoms with E-state index in [0.29, 0.717) is 11.4 Å². The number of carbonyl (C=O) groups is 1. The molecule has 0 saturated carbocycles. The number of rotatable bonds is 2. The molecule has 0 radical (unpaired) electrons. The van der Waals surface area contributed by atoms with Gasteiger partial charge in [-0.1, -0.05) is 35.9 Å². The Morgan fingerprint density at radius 1 is 1.11 bits per heavy atom. The maximum Gasteiger partial charge on any atom is 0.228 e. The number of ketones is 1. The molecule has 0 unspecified atom stereocenters. The Morgan fingerprint density at radius 3 is 2.72 bits per heavy atom. The SMILES string of the molecule is Cc1cccc(C(=O)c2nc3ccccc3[nH]2)c1. The molecule has 0 fully saturated rings. The Morgan fingerprint density at radius 2 is 1.94 bits per heavy atom. The van der Waals surface area contributed by atoms with Crippen LogP contribution in [0.1, 0.15) is 21.7 Å². The fourth-order valence-corrected chi connectivity index (χ4v) is 1.98. The third-order valence-electron chi connectivity index (χ3n) is 2.88. The zero-order chi connectivity index (χ0) is 12.5. The third-order valence-corrected chi connectivity index (χ3v) is 2.88. The van der Waals surface area contributed by atoms with Gasteiger partial charge in [0, 0.05) is 5.56 Å². The van der Waals surface area contributed by atoms with Crippen LogP contribution in [-0.2, 0) is 0 Å². The summed E-state index contributed by atoms with van der Waals surface area (Å²) in [6, 6.07) is 15.2. The molecular formula is C15H12N2O. The lowest BCUT2D eigenvalue weighted by atomic mass is 10.1. The molecule has 0 bridgehead atoms. The van der Waals surface area contributed by atoms with Crippen LogP contribution in [0.2, 0.25) is 0 Å². The van der Waals surface area contributed by atoms with E-state index in [0.717, 1.165) is 16.6 Å². The molecule has 3 aromatic rings. The number of aryl methyl sites for hydroxylation is 1. The van der Waals surface area contributed by atoms with Gasteiger partial charge >= 0.3 is 0 Å². The third kappa shape index (κ3) is 1.80. The summed E-state index contributed by atoms with van der Waals surface area (Å²) in [7, 11) is 0. The van der Waals surface area contributed by atoms with Gasteiger partial charge in [-0.25, -0.2) is 4.98 Å². The van der Waals surface area contributed by atoms with Crippen molar-refractivity contribution in [1.82, 2.24) is 9.97 Å². The van der Waals surface area contributed by atoms with Crippen molar-refractivity contribution in [2.45, 2.75) is 6.92 Å². The van der Waals surface area contributed by atoms with Gasteiger partial charge in [0.2, 0.25) is 5.78 Å². The van der Waals surface area contributed by atoms with Crippen LogP contribution in [0, 0.1) is 6.92 Å². The molecule has 1 N–H and O–H groups in total. The van der Waals surface area contributed by atoms with Crippen LogP contribution < -0.4 is 0 Å². The molecule has 3 rings (SSSR count). The first kappa shape index (κ1) is 10.7. The van der Waals surface area contributed by atoms with E-state index in [2.05, 4.69) is 9.97 Å². The lowest BCUT2D eigenvalue weighted by Crippen LogP contribution is -2.03. The second-order valence-corrected chi connectivity index (χ2v) is 4.30. The number of nitrogens with zero attached hydrogens (tertiary/aromatic N) is 1. The number of hydrogen-bond acceptors (Lipinski definition) is 2. The molecule has 0 aliphatic heterocycles. The van der Waals surface area contributed by atoms with E-state index in [1.807, 2.05) is 55.5 Å². The van der Waals surface area contributed by atoms with Gasteiger partial charge in [0.15, 0.2) is 5.82 Å². The van der Waals surface area contributed by atoms with E-state index in [4.69, 9.17) is 0 Å². The normalized spacial score (nSPS) is 10.7. The maximum absolute atomic E-state index is 12.3. The topological polar surface area (TPSA) is 45.8 Å². The van der Waals surface area contributed by atoms with Crippen molar-refractivity contribution in [3.63, 3.8) is 0 Å². The molecule has 88 valence electrons. The fourth-order valence-electron chi connectivity index (χ4n) is 1.98. The number of para-hydroxylation sites is 2. The number of aromatic nitrogens is 2. The Bertz CT molecular complexity index is 695. The number of H-pyrrole nitrogens is 1. The van der Waals surface area contributed by atoms with E-state index in [-0.39, 0.29) is 5.78 Å². The predicted octanol–water partition coefficient (Wildman–Crippen LogP) is 3.10. The van der Waals surface area contributed by atoms with Crippen LogP contribution in [0.4, 0.5) is 0 Å². The Labute approximate surface area is 104 Å². The van der Waals surface area contributed by atoms with E-state index >= 15 is 0 Å². The van der Waals surface area contributed by atoms with Gasteiger partial charge < -0.3 is 4.98 Å². The zero-order valence-corrected chi connectivity index (χ0v) is 9.97. The molecule has 0 aliphatic rings. The molecule has 3 heteroatoms. The molecule has 3 nitrogen and oxygen atoms in total. The highest BCUT2D eigenvalue weighted by atomic mass is 16.1. The fraction of sp³-hybridized carbons (Fsp3) is 0.0667. The van der Waals surface area contributed by atoms with Gasteiger partial charge in [0.1, 0.15) is 0 Å². The molecule has 0 spiro atoms. The number of imidazole rings is 1. The van der Waals surface area contributed by atoms with Gasteiger partial charge in [-0.2, -0.15) is 0 Å². The number of hydrogen-bond donors (Lipinski definition) is 1. The first-order chi connectivity index (χ1) is 8.74. The van der Waals surface area contributed by atoms with Gasteiger partial charge in [-0.05, 0) is 25.1 Å². The van der Waals surface area contributed by atoms with Gasteiger partial charge in [-0.3, -0.25) is 4.79 Å². The molecule has 0 amide bonds. The molecule has 0 aliphatic carbocycles. The lowest BCUT2D eigenvalue weighted by Gasteiger charge is -1.98. The van der Waals surface area contributed by atoms with Crippen molar-refractivity contribution >= 4 is 16.8 Å². The largest absolute Gasteiger partial charge is 0.335 e. The molecule has 18 heavy (non-hydrogen) atoms. The second-order valence-electron chi connectivity index (χ2n) is 4.30. The van der Waals surface area contributed by atoms with Crippen molar-refractivity contribution < 1.29 is 4.79 Å². The van der Waals surface area contributed by atoms with Crippen LogP contribution in [0.25, 0.3) is 11.0 Å². The van der Waals surface area contributed by atoms with Crippen molar-refractivity contribution in [2.75, 3.05) is 0 Å². The van der Waals surface area contributed by atoms with Crippen LogP contribution >= 0.6 is 0 Å². The molecule has 2 aromatic carbocycles. The van der Waals surface area contributed by atoms with E-state index in [9.17, 15) is 4.79 Å². The summed E-state index contributed by atoms with van der Waals surface area (Å²) in [5.41, 5.74) is 3.42. The average Bonchev–Trinajstić information content (AvgIpc) is 2.81. The molecular weight excluding hydrogens is 224 g/mol. The summed E-state index contributed by atoms with van der Waals surface area (Å²) in [5.74, 6) is 0.316. The van der Waals surface area contributed by atoms with Crippen LogP contribution in [-0.4, -0.2) is 15.8 Å². The highest BCUT2D eigenvalue weighted by molar-refractivity contribution is 6.08. The van der Waals surface area contributed by atoms with Crippen molar-refractivity contribution in [2.24, 2.45) is 0 Å². The highest BCUT2D eigenvalue weighted by Crippen LogP contribution is 2.14. The van der Waals surface area contributed by atoms with Crippen molar-refractivity contribution in [3.8, 4) is 0 Å². The van der Waals surface area contributed by atoms with Crippen LogP contribution in [0.15, 0.2) is 48.5 Å². The maximum atomic E-state index is 12.3. The monoisotopic (exact) mass is 236 g/mol. The number of aromatic amines is 1. The number of nitrogens with one attached hydrogen (secondary N) is 1. The summed E-state index contributed by atoms with van der Waals surface area (Å²) >= 11 is 0. The molecule has 1 heterocycles. The minimum atomic E-state index is -0.0742. The summed E-state index contributed by atoms with van der Waals surface area (Å²) < 4.78 is 0. The van der Waals surface area contributed by atoms with Gasteiger partial charge in [0.05, 0.1) is 11.0 Å². The van der Waals surface area contributed by atoms with E-state index in [1.165, 1.54) is 0 Å². The standard InChI is InChI=1S/C15H12N2O/c1-10-5-4-6-11(9-10)14(18)15-16-12-7-2-3-8-13(12)17-15/h2-9H,1H3,(H,16,17). The average molecular weight is 236 g/mol. The summed E-state index contributed by atoms with van der Waals surface area (Å²) in [4.78, 5) is 19.6. The predicted molar refractivity (Wildman–Crippen MR) is 70.7 cm³/mol. The molecule has 0 atom stereocenters. The van der Waals surface area contributed by atoms with Crippen LogP contribution in [0.5, 0.6) is 0 Å². The van der Waals surface area contributed by atoms with Crippen LogP contribution in [0.3, 0.4) is 0 Å². The molecule has 0 saturated heterocycles. The Kier molecular flexibility index (Phi) is 2.45. The minimum absolute atomic E-state index is 0.0742. The van der Waals surface area contributed by atoms with E-state index in [1.54, 1.807) is 0 Å². The lowest BCUT2D eigenvalue weighted by molar-refractivity contribution is 0.103. The molecule has 1 aromatic heterocycles. The van der Waals surface area contributed by atoms with Gasteiger partial charge in [-0.15, -0.1) is 0 Å². The van der Waals surface area contributed by atoms with E-state index < -0.39 is 0 Å². The van der Waals surface area contributed by atoms with Gasteiger partial charge in [0.25, 0.3) is 0 Å². The highest BCUT2D eigenvalue weighted by Gasteiger charge is 2.13. The number of benzene rings is 2. The first-order valence-corrected chi connectivity index (χ1v) is 5.80. The summed E-state index contributed by atoms with van der Waals surface area (Å²) in [6.45, 7) is 1.97. The Hall–Kier alpha value is -2.42. The Balaban J connectivity index is 2.06. The quantitative estimate of drug-likeness (QED) is 0.695.